The molecule has 0 aliphatic heterocycles. The van der Waals surface area contributed by atoms with Crippen LogP contribution in [0.15, 0.2) is 47.9 Å². The normalized spacial score (nSPS) is 10.8. The zero-order valence-electron chi connectivity index (χ0n) is 10.4. The molecule has 0 aliphatic rings. The number of carboxylic acid groups (broad SMARTS) is 1. The number of aromatic nitrogens is 2. The average Bonchev–Trinajstić information content (AvgIpc) is 2.44. The Balaban J connectivity index is 2.10. The summed E-state index contributed by atoms with van der Waals surface area (Å²) < 4.78 is 13.5. The molecule has 0 aliphatic carbocycles. The highest BCUT2D eigenvalue weighted by Gasteiger charge is 2.02. The third-order valence-electron chi connectivity index (χ3n) is 2.32. The predicted octanol–water partition coefficient (Wildman–Crippen LogP) is 3.01. The predicted molar refractivity (Wildman–Crippen MR) is 74.7 cm³/mol. The lowest BCUT2D eigenvalue weighted by atomic mass is 10.1. The van der Waals surface area contributed by atoms with Gasteiger partial charge in [0.1, 0.15) is 10.8 Å². The van der Waals surface area contributed by atoms with E-state index in [0.29, 0.717) is 11.3 Å². The van der Waals surface area contributed by atoms with Gasteiger partial charge in [0.15, 0.2) is 0 Å². The minimum absolute atomic E-state index is 0.396. The summed E-state index contributed by atoms with van der Waals surface area (Å²) in [6.07, 6.45) is 7.15. The Kier molecular flexibility index (Phi) is 4.84. The number of hydrogen-bond acceptors (Lipinski definition) is 4. The molecule has 1 N–H and O–H groups in total. The van der Waals surface area contributed by atoms with Gasteiger partial charge in [-0.3, -0.25) is 4.98 Å². The van der Waals surface area contributed by atoms with E-state index in [1.54, 1.807) is 24.7 Å². The monoisotopic (exact) mass is 290 g/mol. The van der Waals surface area contributed by atoms with Gasteiger partial charge in [0.2, 0.25) is 0 Å². The highest BCUT2D eigenvalue weighted by molar-refractivity contribution is 7.98. The number of hydrogen-bond donors (Lipinski definition) is 1. The number of thioether (sulfide) groups is 1. The first-order valence-electron chi connectivity index (χ1n) is 5.73. The SMILES string of the molecule is O=C(O)C=Cc1cc(F)cc(CSc2cnccn2)c1. The van der Waals surface area contributed by atoms with E-state index in [-0.39, 0.29) is 0 Å². The minimum atomic E-state index is -1.07. The Labute approximate surface area is 119 Å². The molecule has 0 radical (unpaired) electrons. The van der Waals surface area contributed by atoms with Crippen LogP contribution in [0.1, 0.15) is 11.1 Å². The molecule has 2 rings (SSSR count). The Morgan fingerprint density at radius 2 is 2.20 bits per heavy atom. The van der Waals surface area contributed by atoms with E-state index in [2.05, 4.69) is 9.97 Å². The highest BCUT2D eigenvalue weighted by atomic mass is 32.2. The van der Waals surface area contributed by atoms with E-state index in [1.807, 2.05) is 0 Å². The Hall–Kier alpha value is -2.21. The molecule has 1 aromatic heterocycles. The van der Waals surface area contributed by atoms with Gasteiger partial charge in [-0.1, -0.05) is 6.07 Å². The fourth-order valence-corrected chi connectivity index (χ4v) is 2.29. The van der Waals surface area contributed by atoms with Crippen molar-refractivity contribution in [3.05, 3.63) is 59.8 Å². The molecule has 0 bridgehead atoms. The molecular weight excluding hydrogens is 279 g/mol. The van der Waals surface area contributed by atoms with Crippen molar-refractivity contribution >= 4 is 23.8 Å². The van der Waals surface area contributed by atoms with E-state index in [1.165, 1.54) is 30.0 Å². The standard InChI is InChI=1S/C14H11FN2O2S/c15-12-6-10(1-2-14(18)19)5-11(7-12)9-20-13-8-16-3-4-17-13/h1-8H,9H2,(H,18,19). The molecule has 0 spiro atoms. The molecule has 0 saturated heterocycles. The van der Waals surface area contributed by atoms with Gasteiger partial charge >= 0.3 is 5.97 Å². The Bertz CT molecular complexity index is 632. The summed E-state index contributed by atoms with van der Waals surface area (Å²) in [4.78, 5) is 18.5. The maximum Gasteiger partial charge on any atom is 0.328 e. The second-order valence-electron chi connectivity index (χ2n) is 3.90. The second kappa shape index (κ2) is 6.81. The van der Waals surface area contributed by atoms with Crippen LogP contribution < -0.4 is 0 Å². The van der Waals surface area contributed by atoms with E-state index in [9.17, 15) is 9.18 Å². The van der Waals surface area contributed by atoms with Gasteiger partial charge in [0.05, 0.1) is 6.20 Å². The first-order valence-corrected chi connectivity index (χ1v) is 6.71. The van der Waals surface area contributed by atoms with Gasteiger partial charge in [0.25, 0.3) is 0 Å². The lowest BCUT2D eigenvalue weighted by Gasteiger charge is -2.03. The average molecular weight is 290 g/mol. The van der Waals surface area contributed by atoms with Crippen molar-refractivity contribution in [2.75, 3.05) is 0 Å². The van der Waals surface area contributed by atoms with Crippen molar-refractivity contribution in [2.45, 2.75) is 10.8 Å². The van der Waals surface area contributed by atoms with Crippen molar-refractivity contribution in [1.82, 2.24) is 9.97 Å². The molecule has 4 nitrogen and oxygen atoms in total. The zero-order valence-corrected chi connectivity index (χ0v) is 11.2. The first kappa shape index (κ1) is 14.2. The summed E-state index contributed by atoms with van der Waals surface area (Å²) in [6, 6.07) is 4.45. The minimum Gasteiger partial charge on any atom is -0.478 e. The van der Waals surface area contributed by atoms with Crippen LogP contribution in [0.25, 0.3) is 6.08 Å². The van der Waals surface area contributed by atoms with Crippen molar-refractivity contribution < 1.29 is 14.3 Å². The third-order valence-corrected chi connectivity index (χ3v) is 3.31. The number of rotatable bonds is 5. The number of carbonyl (C=O) groups is 1. The van der Waals surface area contributed by atoms with Crippen LogP contribution in [0.3, 0.4) is 0 Å². The molecule has 0 saturated carbocycles. The zero-order chi connectivity index (χ0) is 14.4. The Morgan fingerprint density at radius 3 is 2.90 bits per heavy atom. The van der Waals surface area contributed by atoms with Crippen LogP contribution in [-0.4, -0.2) is 21.0 Å². The number of aliphatic carboxylic acids is 1. The van der Waals surface area contributed by atoms with Crippen molar-refractivity contribution in [3.63, 3.8) is 0 Å². The van der Waals surface area contributed by atoms with Gasteiger partial charge in [-0.25, -0.2) is 14.2 Å². The molecule has 0 atom stereocenters. The summed E-state index contributed by atoms with van der Waals surface area (Å²) in [5.74, 6) is -0.929. The number of halogens is 1. The van der Waals surface area contributed by atoms with Gasteiger partial charge < -0.3 is 5.11 Å². The highest BCUT2D eigenvalue weighted by Crippen LogP contribution is 2.21. The van der Waals surface area contributed by atoms with E-state index in [4.69, 9.17) is 5.11 Å². The lowest BCUT2D eigenvalue weighted by molar-refractivity contribution is -0.131. The van der Waals surface area contributed by atoms with Crippen molar-refractivity contribution in [3.8, 4) is 0 Å². The maximum absolute atomic E-state index is 13.5. The quantitative estimate of drug-likeness (QED) is 0.677. The molecule has 102 valence electrons. The Morgan fingerprint density at radius 1 is 1.35 bits per heavy atom. The van der Waals surface area contributed by atoms with Gasteiger partial charge in [0, 0.05) is 24.2 Å². The van der Waals surface area contributed by atoms with Gasteiger partial charge in [-0.15, -0.1) is 11.8 Å². The van der Waals surface area contributed by atoms with Crippen LogP contribution in [0, 0.1) is 5.82 Å². The number of nitrogens with zero attached hydrogens (tertiary/aromatic N) is 2. The smallest absolute Gasteiger partial charge is 0.328 e. The molecule has 1 aromatic carbocycles. The first-order chi connectivity index (χ1) is 9.63. The van der Waals surface area contributed by atoms with E-state index < -0.39 is 11.8 Å². The number of benzene rings is 1. The van der Waals surface area contributed by atoms with E-state index in [0.717, 1.165) is 16.7 Å². The fraction of sp³-hybridized carbons (Fsp3) is 0.0714. The molecule has 0 amide bonds. The molecular formula is C14H11FN2O2S. The summed E-state index contributed by atoms with van der Waals surface area (Å²) >= 11 is 1.43. The van der Waals surface area contributed by atoms with Crippen LogP contribution >= 0.6 is 11.8 Å². The van der Waals surface area contributed by atoms with Gasteiger partial charge in [-0.2, -0.15) is 0 Å². The maximum atomic E-state index is 13.5. The molecule has 6 heteroatoms. The second-order valence-corrected chi connectivity index (χ2v) is 4.89. The summed E-state index contributed by atoms with van der Waals surface area (Å²) in [5.41, 5.74) is 1.27. The topological polar surface area (TPSA) is 63.1 Å². The fourth-order valence-electron chi connectivity index (χ4n) is 1.54. The molecule has 0 fully saturated rings. The van der Waals surface area contributed by atoms with Crippen molar-refractivity contribution in [2.24, 2.45) is 0 Å². The summed E-state index contributed by atoms with van der Waals surface area (Å²) in [5, 5.41) is 9.31. The lowest BCUT2D eigenvalue weighted by Crippen LogP contribution is -1.89. The summed E-state index contributed by atoms with van der Waals surface area (Å²) in [6.45, 7) is 0. The molecule has 1 heterocycles. The van der Waals surface area contributed by atoms with Crippen LogP contribution in [0.2, 0.25) is 0 Å². The van der Waals surface area contributed by atoms with Crippen molar-refractivity contribution in [1.29, 1.82) is 0 Å². The third kappa shape index (κ3) is 4.47. The largest absolute Gasteiger partial charge is 0.478 e. The van der Waals surface area contributed by atoms with Crippen LogP contribution in [-0.2, 0) is 10.5 Å². The molecule has 20 heavy (non-hydrogen) atoms. The molecule has 2 aromatic rings. The van der Waals surface area contributed by atoms with Crippen LogP contribution in [0.5, 0.6) is 0 Å². The van der Waals surface area contributed by atoms with E-state index >= 15 is 0 Å². The number of carboxylic acids is 1. The van der Waals surface area contributed by atoms with Crippen LogP contribution in [0.4, 0.5) is 4.39 Å². The summed E-state index contributed by atoms with van der Waals surface area (Å²) in [7, 11) is 0. The van der Waals surface area contributed by atoms with Gasteiger partial charge in [-0.05, 0) is 29.3 Å². The molecule has 0 unspecified atom stereocenters.